The molecule has 3 aliphatic heterocycles. The SMILES string of the molecule is CN1c2ccc(Br)cc2[C@H]2[C@H](CCN2C(=O)C2CCOCC2)[C@@H]1CO. The quantitative estimate of drug-likeness (QED) is 0.816. The standard InChI is InChI=1S/C19H25BrN2O3/c1-21-16-3-2-13(20)10-15(16)18-14(17(21)11-23)4-7-22(18)19(24)12-5-8-25-9-6-12/h2-3,10,12,14,17-18,23H,4-9,11H2,1H3/t14-,17+,18-/m1/s1. The normalized spacial score (nSPS) is 29.5. The summed E-state index contributed by atoms with van der Waals surface area (Å²) in [6, 6.07) is 6.40. The van der Waals surface area contributed by atoms with E-state index < -0.39 is 0 Å². The molecule has 25 heavy (non-hydrogen) atoms. The fourth-order valence-electron chi connectivity index (χ4n) is 4.85. The molecule has 4 rings (SSSR count). The minimum absolute atomic E-state index is 0.0613. The average molecular weight is 409 g/mol. The lowest BCUT2D eigenvalue weighted by molar-refractivity contribution is -0.140. The molecule has 1 amide bonds. The average Bonchev–Trinajstić information content (AvgIpc) is 3.07. The summed E-state index contributed by atoms with van der Waals surface area (Å²) in [5, 5.41) is 9.99. The van der Waals surface area contributed by atoms with E-state index in [-0.39, 0.29) is 36.4 Å². The number of rotatable bonds is 2. The van der Waals surface area contributed by atoms with Crippen molar-refractivity contribution in [3.8, 4) is 0 Å². The van der Waals surface area contributed by atoms with Crippen LogP contribution in [0, 0.1) is 11.8 Å². The lowest BCUT2D eigenvalue weighted by atomic mass is 9.81. The summed E-state index contributed by atoms with van der Waals surface area (Å²) < 4.78 is 6.46. The lowest BCUT2D eigenvalue weighted by Gasteiger charge is -2.45. The van der Waals surface area contributed by atoms with Crippen molar-refractivity contribution < 1.29 is 14.6 Å². The fourth-order valence-corrected chi connectivity index (χ4v) is 5.23. The molecule has 0 aromatic heterocycles. The predicted molar refractivity (Wildman–Crippen MR) is 99.5 cm³/mol. The minimum atomic E-state index is 0.0613. The maximum atomic E-state index is 13.2. The topological polar surface area (TPSA) is 53.0 Å². The first-order valence-corrected chi connectivity index (χ1v) is 9.92. The summed E-state index contributed by atoms with van der Waals surface area (Å²) in [5.74, 6) is 0.624. The molecule has 0 radical (unpaired) electrons. The molecule has 2 saturated heterocycles. The maximum Gasteiger partial charge on any atom is 0.226 e. The van der Waals surface area contributed by atoms with Crippen LogP contribution in [0.3, 0.4) is 0 Å². The van der Waals surface area contributed by atoms with Crippen LogP contribution < -0.4 is 4.90 Å². The first kappa shape index (κ1) is 17.3. The smallest absolute Gasteiger partial charge is 0.226 e. The second-order valence-corrected chi connectivity index (χ2v) is 8.30. The highest BCUT2D eigenvalue weighted by Crippen LogP contribution is 2.49. The van der Waals surface area contributed by atoms with Gasteiger partial charge in [0.05, 0.1) is 18.7 Å². The van der Waals surface area contributed by atoms with Crippen LogP contribution in [0.15, 0.2) is 22.7 Å². The number of benzene rings is 1. The Morgan fingerprint density at radius 1 is 1.32 bits per heavy atom. The molecule has 0 aliphatic carbocycles. The summed E-state index contributed by atoms with van der Waals surface area (Å²) >= 11 is 3.59. The van der Waals surface area contributed by atoms with Crippen LogP contribution >= 0.6 is 15.9 Å². The molecule has 3 aliphatic rings. The molecule has 6 heteroatoms. The van der Waals surface area contributed by atoms with Crippen molar-refractivity contribution in [2.75, 3.05) is 38.3 Å². The highest BCUT2D eigenvalue weighted by molar-refractivity contribution is 9.10. The maximum absolute atomic E-state index is 13.2. The number of fused-ring (bicyclic) bond motifs is 3. The van der Waals surface area contributed by atoms with Gasteiger partial charge in [-0.25, -0.2) is 0 Å². The Hall–Kier alpha value is -1.11. The second kappa shape index (κ2) is 6.89. The zero-order valence-corrected chi connectivity index (χ0v) is 16.1. The Kier molecular flexibility index (Phi) is 4.77. The third-order valence-electron chi connectivity index (χ3n) is 6.17. The zero-order chi connectivity index (χ0) is 17.6. The Morgan fingerprint density at radius 2 is 2.08 bits per heavy atom. The van der Waals surface area contributed by atoms with Crippen molar-refractivity contribution in [2.45, 2.75) is 31.3 Å². The summed E-state index contributed by atoms with van der Waals surface area (Å²) in [6.45, 7) is 2.26. The first-order valence-electron chi connectivity index (χ1n) is 9.13. The highest BCUT2D eigenvalue weighted by atomic mass is 79.9. The van der Waals surface area contributed by atoms with Gasteiger partial charge in [-0.05, 0) is 43.0 Å². The lowest BCUT2D eigenvalue weighted by Crippen LogP contribution is -2.49. The number of hydrogen-bond acceptors (Lipinski definition) is 4. The molecular formula is C19H25BrN2O3. The number of aliphatic hydroxyl groups excluding tert-OH is 1. The summed E-state index contributed by atoms with van der Waals surface area (Å²) in [7, 11) is 2.05. The highest BCUT2D eigenvalue weighted by Gasteiger charge is 2.48. The van der Waals surface area contributed by atoms with Crippen molar-refractivity contribution >= 4 is 27.5 Å². The van der Waals surface area contributed by atoms with Gasteiger partial charge in [0.1, 0.15) is 0 Å². The number of nitrogens with zero attached hydrogens (tertiary/aromatic N) is 2. The molecule has 2 fully saturated rings. The van der Waals surface area contributed by atoms with Crippen LogP contribution in [-0.4, -0.2) is 55.4 Å². The van der Waals surface area contributed by atoms with E-state index in [1.165, 1.54) is 5.56 Å². The van der Waals surface area contributed by atoms with Gasteiger partial charge in [0.25, 0.3) is 0 Å². The number of amides is 1. The predicted octanol–water partition coefficient (Wildman–Crippen LogP) is 2.58. The molecule has 3 heterocycles. The number of ether oxygens (including phenoxy) is 1. The van der Waals surface area contributed by atoms with Crippen LogP contribution in [0.5, 0.6) is 0 Å². The van der Waals surface area contributed by atoms with E-state index in [4.69, 9.17) is 4.74 Å². The molecule has 1 aromatic carbocycles. The largest absolute Gasteiger partial charge is 0.394 e. The van der Waals surface area contributed by atoms with Gasteiger partial charge in [0.2, 0.25) is 5.91 Å². The van der Waals surface area contributed by atoms with Gasteiger partial charge in [-0.3, -0.25) is 4.79 Å². The van der Waals surface area contributed by atoms with Crippen LogP contribution in [-0.2, 0) is 9.53 Å². The van der Waals surface area contributed by atoms with E-state index in [0.29, 0.717) is 13.2 Å². The van der Waals surface area contributed by atoms with Gasteiger partial charge in [-0.1, -0.05) is 15.9 Å². The van der Waals surface area contributed by atoms with Crippen molar-refractivity contribution in [1.29, 1.82) is 0 Å². The van der Waals surface area contributed by atoms with Crippen molar-refractivity contribution in [3.63, 3.8) is 0 Å². The van der Waals surface area contributed by atoms with Gasteiger partial charge in [-0.15, -0.1) is 0 Å². The monoisotopic (exact) mass is 408 g/mol. The molecule has 0 unspecified atom stereocenters. The van der Waals surface area contributed by atoms with Crippen LogP contribution in [0.4, 0.5) is 5.69 Å². The van der Waals surface area contributed by atoms with Gasteiger partial charge in [-0.2, -0.15) is 0 Å². The van der Waals surface area contributed by atoms with E-state index in [1.807, 2.05) is 13.1 Å². The van der Waals surface area contributed by atoms with E-state index >= 15 is 0 Å². The summed E-state index contributed by atoms with van der Waals surface area (Å²) in [5.41, 5.74) is 2.32. The van der Waals surface area contributed by atoms with Crippen LogP contribution in [0.2, 0.25) is 0 Å². The summed E-state index contributed by atoms with van der Waals surface area (Å²) in [6.07, 6.45) is 2.59. The minimum Gasteiger partial charge on any atom is -0.394 e. The molecular weight excluding hydrogens is 384 g/mol. The van der Waals surface area contributed by atoms with Crippen molar-refractivity contribution in [2.24, 2.45) is 11.8 Å². The Labute approximate surface area is 157 Å². The number of likely N-dealkylation sites (N-methyl/N-ethyl adjacent to an activating group) is 1. The van der Waals surface area contributed by atoms with Gasteiger partial charge in [0, 0.05) is 48.8 Å². The van der Waals surface area contributed by atoms with E-state index in [0.717, 1.165) is 36.0 Å². The molecule has 1 aromatic rings. The molecule has 1 N–H and O–H groups in total. The molecule has 136 valence electrons. The third-order valence-corrected chi connectivity index (χ3v) is 6.66. The molecule has 3 atom stereocenters. The van der Waals surface area contributed by atoms with Crippen LogP contribution in [0.1, 0.15) is 30.9 Å². The molecule has 0 saturated carbocycles. The van der Waals surface area contributed by atoms with E-state index in [2.05, 4.69) is 37.9 Å². The van der Waals surface area contributed by atoms with Gasteiger partial charge in [0.15, 0.2) is 0 Å². The number of carbonyl (C=O) groups is 1. The number of anilines is 1. The molecule has 5 nitrogen and oxygen atoms in total. The number of aliphatic hydroxyl groups is 1. The number of carbonyl (C=O) groups excluding carboxylic acids is 1. The zero-order valence-electron chi connectivity index (χ0n) is 14.5. The third kappa shape index (κ3) is 2.88. The number of likely N-dealkylation sites (tertiary alicyclic amines) is 1. The Morgan fingerprint density at radius 3 is 2.80 bits per heavy atom. The van der Waals surface area contributed by atoms with Gasteiger partial charge < -0.3 is 19.6 Å². The molecule has 0 bridgehead atoms. The first-order chi connectivity index (χ1) is 12.1. The van der Waals surface area contributed by atoms with E-state index in [1.54, 1.807) is 0 Å². The van der Waals surface area contributed by atoms with Crippen molar-refractivity contribution in [1.82, 2.24) is 4.90 Å². The van der Waals surface area contributed by atoms with Crippen molar-refractivity contribution in [3.05, 3.63) is 28.2 Å². The van der Waals surface area contributed by atoms with Gasteiger partial charge >= 0.3 is 0 Å². The van der Waals surface area contributed by atoms with E-state index in [9.17, 15) is 9.90 Å². The fraction of sp³-hybridized carbons (Fsp3) is 0.632. The number of halogens is 1. The Bertz CT molecular complexity index is 662. The summed E-state index contributed by atoms with van der Waals surface area (Å²) in [4.78, 5) is 17.5. The second-order valence-electron chi connectivity index (χ2n) is 7.38. The number of hydrogen-bond donors (Lipinski definition) is 1. The molecule has 0 spiro atoms. The Balaban J connectivity index is 1.71. The van der Waals surface area contributed by atoms with Crippen LogP contribution in [0.25, 0.3) is 0 Å².